The van der Waals surface area contributed by atoms with Crippen LogP contribution in [-0.2, 0) is 10.0 Å². The van der Waals surface area contributed by atoms with E-state index in [-0.39, 0.29) is 10.5 Å². The van der Waals surface area contributed by atoms with Gasteiger partial charge in [0.15, 0.2) is 0 Å². The van der Waals surface area contributed by atoms with Crippen LogP contribution < -0.4 is 4.72 Å². The van der Waals surface area contributed by atoms with Gasteiger partial charge in [-0.2, -0.15) is 5.26 Å². The number of nitriles is 1. The van der Waals surface area contributed by atoms with Crippen LogP contribution in [0.1, 0.15) is 25.3 Å². The zero-order valence-electron chi connectivity index (χ0n) is 9.10. The fourth-order valence-electron chi connectivity index (χ4n) is 1.25. The molecule has 0 aromatic heterocycles. The van der Waals surface area contributed by atoms with Crippen molar-refractivity contribution in [2.45, 2.75) is 24.7 Å². The Hall–Kier alpha value is -1.38. The van der Waals surface area contributed by atoms with Crippen LogP contribution in [0.4, 0.5) is 0 Å². The zero-order valence-corrected chi connectivity index (χ0v) is 9.92. The average Bonchev–Trinajstić information content (AvgIpc) is 2.29. The Morgan fingerprint density at radius 2 is 2.06 bits per heavy atom. The van der Waals surface area contributed by atoms with E-state index in [9.17, 15) is 8.42 Å². The Balaban J connectivity index is 2.95. The lowest BCUT2D eigenvalue weighted by atomic mass is 10.2. The molecule has 0 saturated carbocycles. The SMILES string of the molecule is CCCCNS(=O)(=O)c1ccccc1C#N. The predicted molar refractivity (Wildman–Crippen MR) is 61.3 cm³/mol. The van der Waals surface area contributed by atoms with E-state index >= 15 is 0 Å². The van der Waals surface area contributed by atoms with Gasteiger partial charge in [0.1, 0.15) is 6.07 Å². The van der Waals surface area contributed by atoms with Crippen molar-refractivity contribution in [3.63, 3.8) is 0 Å². The van der Waals surface area contributed by atoms with Crippen LogP contribution in [0, 0.1) is 11.3 Å². The lowest BCUT2D eigenvalue weighted by molar-refractivity contribution is 0.578. The number of sulfonamides is 1. The number of hydrogen-bond donors (Lipinski definition) is 1. The van der Waals surface area contributed by atoms with Crippen molar-refractivity contribution in [3.8, 4) is 6.07 Å². The Bertz CT molecular complexity index is 489. The van der Waals surface area contributed by atoms with Gasteiger partial charge in [0, 0.05) is 6.54 Å². The smallest absolute Gasteiger partial charge is 0.211 e. The molecule has 5 heteroatoms. The third-order valence-corrected chi connectivity index (χ3v) is 3.64. The number of unbranched alkanes of at least 4 members (excludes halogenated alkanes) is 1. The summed E-state index contributed by atoms with van der Waals surface area (Å²) in [6.07, 6.45) is 1.70. The van der Waals surface area contributed by atoms with Crippen molar-refractivity contribution < 1.29 is 8.42 Å². The quantitative estimate of drug-likeness (QED) is 0.793. The van der Waals surface area contributed by atoms with Gasteiger partial charge in [-0.15, -0.1) is 0 Å². The van der Waals surface area contributed by atoms with Crippen LogP contribution in [-0.4, -0.2) is 15.0 Å². The van der Waals surface area contributed by atoms with Crippen LogP contribution in [0.5, 0.6) is 0 Å². The molecule has 0 spiro atoms. The van der Waals surface area contributed by atoms with Gasteiger partial charge in [0.05, 0.1) is 10.5 Å². The minimum Gasteiger partial charge on any atom is -0.211 e. The van der Waals surface area contributed by atoms with Crippen molar-refractivity contribution in [3.05, 3.63) is 29.8 Å². The summed E-state index contributed by atoms with van der Waals surface area (Å²) in [4.78, 5) is 0.0496. The number of nitrogens with one attached hydrogen (secondary N) is 1. The van der Waals surface area contributed by atoms with E-state index in [2.05, 4.69) is 4.72 Å². The van der Waals surface area contributed by atoms with E-state index in [4.69, 9.17) is 5.26 Å². The molecule has 1 aromatic carbocycles. The van der Waals surface area contributed by atoms with E-state index < -0.39 is 10.0 Å². The normalized spacial score (nSPS) is 11.0. The van der Waals surface area contributed by atoms with Crippen molar-refractivity contribution >= 4 is 10.0 Å². The Kier molecular flexibility index (Phi) is 4.47. The maximum absolute atomic E-state index is 11.8. The van der Waals surface area contributed by atoms with Gasteiger partial charge < -0.3 is 0 Å². The largest absolute Gasteiger partial charge is 0.241 e. The molecule has 0 heterocycles. The van der Waals surface area contributed by atoms with Crippen LogP contribution >= 0.6 is 0 Å². The van der Waals surface area contributed by atoms with Crippen molar-refractivity contribution in [2.75, 3.05) is 6.54 Å². The highest BCUT2D eigenvalue weighted by Gasteiger charge is 2.16. The Labute approximate surface area is 96.0 Å². The molecular weight excluding hydrogens is 224 g/mol. The van der Waals surface area contributed by atoms with Crippen LogP contribution in [0.15, 0.2) is 29.2 Å². The van der Waals surface area contributed by atoms with Gasteiger partial charge in [-0.05, 0) is 18.6 Å². The summed E-state index contributed by atoms with van der Waals surface area (Å²) in [5.74, 6) is 0. The summed E-state index contributed by atoms with van der Waals surface area (Å²) >= 11 is 0. The highest BCUT2D eigenvalue weighted by Crippen LogP contribution is 2.13. The zero-order chi connectivity index (χ0) is 12.0. The second kappa shape index (κ2) is 5.64. The maximum Gasteiger partial charge on any atom is 0.241 e. The van der Waals surface area contributed by atoms with Gasteiger partial charge in [0.25, 0.3) is 0 Å². The molecular formula is C11H14N2O2S. The standard InChI is InChI=1S/C11H14N2O2S/c1-2-3-8-13-16(14,15)11-7-5-4-6-10(11)9-12/h4-7,13H,2-3,8H2,1H3. The summed E-state index contributed by atoms with van der Waals surface area (Å²) in [5.41, 5.74) is 0.173. The lowest BCUT2D eigenvalue weighted by Gasteiger charge is -2.06. The number of benzene rings is 1. The molecule has 0 atom stereocenters. The molecule has 0 bridgehead atoms. The van der Waals surface area contributed by atoms with Crippen LogP contribution in [0.3, 0.4) is 0 Å². The van der Waals surface area contributed by atoms with E-state index in [0.717, 1.165) is 12.8 Å². The average molecular weight is 238 g/mol. The molecule has 0 aliphatic carbocycles. The third-order valence-electron chi connectivity index (χ3n) is 2.12. The summed E-state index contributed by atoms with van der Waals surface area (Å²) in [6.45, 7) is 2.39. The molecule has 0 aliphatic rings. The molecule has 0 unspecified atom stereocenters. The summed E-state index contributed by atoms with van der Waals surface area (Å²) in [5, 5.41) is 8.81. The first-order chi connectivity index (χ1) is 7.61. The Morgan fingerprint density at radius 3 is 2.69 bits per heavy atom. The Morgan fingerprint density at radius 1 is 1.38 bits per heavy atom. The predicted octanol–water partition coefficient (Wildman–Crippen LogP) is 1.64. The van der Waals surface area contributed by atoms with Gasteiger partial charge in [-0.1, -0.05) is 25.5 Å². The molecule has 1 rings (SSSR count). The molecule has 1 N–H and O–H groups in total. The molecule has 0 amide bonds. The molecule has 0 saturated heterocycles. The maximum atomic E-state index is 11.8. The molecule has 86 valence electrons. The number of nitrogens with zero attached hydrogens (tertiary/aromatic N) is 1. The minimum atomic E-state index is -3.55. The van der Waals surface area contributed by atoms with E-state index in [1.54, 1.807) is 12.1 Å². The number of hydrogen-bond acceptors (Lipinski definition) is 3. The number of rotatable bonds is 5. The van der Waals surface area contributed by atoms with Gasteiger partial charge >= 0.3 is 0 Å². The summed E-state index contributed by atoms with van der Waals surface area (Å²) in [7, 11) is -3.55. The first-order valence-corrected chi connectivity index (χ1v) is 6.59. The first-order valence-electron chi connectivity index (χ1n) is 5.10. The second-order valence-electron chi connectivity index (χ2n) is 3.36. The lowest BCUT2D eigenvalue weighted by Crippen LogP contribution is -2.25. The second-order valence-corrected chi connectivity index (χ2v) is 5.09. The monoisotopic (exact) mass is 238 g/mol. The molecule has 0 fully saturated rings. The molecule has 0 aliphatic heterocycles. The highest BCUT2D eigenvalue weighted by atomic mass is 32.2. The van der Waals surface area contributed by atoms with Crippen LogP contribution in [0.2, 0.25) is 0 Å². The molecule has 16 heavy (non-hydrogen) atoms. The molecule has 1 aromatic rings. The molecule has 0 radical (unpaired) electrons. The van der Waals surface area contributed by atoms with Crippen LogP contribution in [0.25, 0.3) is 0 Å². The van der Waals surface area contributed by atoms with Gasteiger partial charge in [-0.3, -0.25) is 0 Å². The summed E-state index contributed by atoms with van der Waals surface area (Å²) < 4.78 is 26.1. The van der Waals surface area contributed by atoms with Crippen molar-refractivity contribution in [2.24, 2.45) is 0 Å². The topological polar surface area (TPSA) is 70.0 Å². The van der Waals surface area contributed by atoms with E-state index in [1.165, 1.54) is 12.1 Å². The van der Waals surface area contributed by atoms with Crippen molar-refractivity contribution in [1.29, 1.82) is 5.26 Å². The van der Waals surface area contributed by atoms with Crippen molar-refractivity contribution in [1.82, 2.24) is 4.72 Å². The van der Waals surface area contributed by atoms with Gasteiger partial charge in [0.2, 0.25) is 10.0 Å². The highest BCUT2D eigenvalue weighted by molar-refractivity contribution is 7.89. The first kappa shape index (κ1) is 12.7. The molecule has 4 nitrogen and oxygen atoms in total. The fraction of sp³-hybridized carbons (Fsp3) is 0.364. The van der Waals surface area contributed by atoms with E-state index in [1.807, 2.05) is 13.0 Å². The third kappa shape index (κ3) is 3.05. The van der Waals surface area contributed by atoms with E-state index in [0.29, 0.717) is 6.54 Å². The fourth-order valence-corrected chi connectivity index (χ4v) is 2.48. The van der Waals surface area contributed by atoms with Gasteiger partial charge in [-0.25, -0.2) is 13.1 Å². The summed E-state index contributed by atoms with van der Waals surface area (Å²) in [6, 6.07) is 8.05. The minimum absolute atomic E-state index is 0.0496.